The lowest BCUT2D eigenvalue weighted by Gasteiger charge is -2.43. The standard InChI is InChI=1S/C15H19FN4O2/c1-9(10-6-14(22-2)17-8-11(10)16)19-12-7-13(21)15(12)20-5-3-4-18-20/h3-6,8-9,12-13,15,19,21H,7H2,1-2H3/t9?,12-,13+,15+/m0/s1. The van der Waals surface area contributed by atoms with Gasteiger partial charge in [-0.05, 0) is 19.4 Å². The molecule has 2 aromatic heterocycles. The molecule has 0 aliphatic heterocycles. The summed E-state index contributed by atoms with van der Waals surface area (Å²) in [6, 6.07) is 3.07. The average Bonchev–Trinajstić information content (AvgIpc) is 3.00. The third-order valence-corrected chi connectivity index (χ3v) is 4.13. The number of hydrogen-bond donors (Lipinski definition) is 2. The number of methoxy groups -OCH3 is 1. The predicted octanol–water partition coefficient (Wildman–Crippen LogP) is 1.45. The van der Waals surface area contributed by atoms with Gasteiger partial charge >= 0.3 is 0 Å². The summed E-state index contributed by atoms with van der Waals surface area (Å²) in [5.74, 6) is -0.00127. The maximum Gasteiger partial charge on any atom is 0.213 e. The van der Waals surface area contributed by atoms with E-state index in [1.807, 2.05) is 19.2 Å². The Morgan fingerprint density at radius 1 is 1.55 bits per heavy atom. The van der Waals surface area contributed by atoms with Crippen LogP contribution in [0.25, 0.3) is 0 Å². The van der Waals surface area contributed by atoms with E-state index in [0.717, 1.165) is 6.20 Å². The lowest BCUT2D eigenvalue weighted by atomic mass is 9.82. The minimum atomic E-state index is -0.443. The molecule has 22 heavy (non-hydrogen) atoms. The van der Waals surface area contributed by atoms with Gasteiger partial charge in [-0.1, -0.05) is 0 Å². The van der Waals surface area contributed by atoms with Crippen LogP contribution < -0.4 is 10.1 Å². The van der Waals surface area contributed by atoms with Crippen molar-refractivity contribution in [2.45, 2.75) is 37.6 Å². The molecule has 6 nitrogen and oxygen atoms in total. The highest BCUT2D eigenvalue weighted by molar-refractivity contribution is 5.25. The number of pyridine rings is 1. The lowest BCUT2D eigenvalue weighted by Crippen LogP contribution is -2.55. The summed E-state index contributed by atoms with van der Waals surface area (Å²) in [4.78, 5) is 3.84. The maximum atomic E-state index is 14.0. The molecule has 2 heterocycles. The number of aromatic nitrogens is 3. The molecule has 0 amide bonds. The summed E-state index contributed by atoms with van der Waals surface area (Å²) in [6.45, 7) is 1.88. The van der Waals surface area contributed by atoms with Crippen molar-refractivity contribution < 1.29 is 14.2 Å². The first-order chi connectivity index (χ1) is 10.6. The van der Waals surface area contributed by atoms with Gasteiger partial charge in [0.1, 0.15) is 5.82 Å². The Morgan fingerprint density at radius 2 is 2.36 bits per heavy atom. The van der Waals surface area contributed by atoms with Gasteiger partial charge in [-0.3, -0.25) is 4.68 Å². The molecule has 0 radical (unpaired) electrons. The second-order valence-electron chi connectivity index (χ2n) is 5.52. The smallest absolute Gasteiger partial charge is 0.213 e. The molecule has 0 saturated heterocycles. The molecular formula is C15H19FN4O2. The molecular weight excluding hydrogens is 287 g/mol. The predicted molar refractivity (Wildman–Crippen MR) is 78.0 cm³/mol. The third kappa shape index (κ3) is 2.69. The fourth-order valence-corrected chi connectivity index (χ4v) is 2.88. The van der Waals surface area contributed by atoms with Crippen LogP contribution in [0, 0.1) is 5.82 Å². The molecule has 0 spiro atoms. The number of nitrogens with one attached hydrogen (secondary N) is 1. The molecule has 1 aliphatic carbocycles. The zero-order chi connectivity index (χ0) is 15.7. The molecule has 4 atom stereocenters. The fourth-order valence-electron chi connectivity index (χ4n) is 2.88. The van der Waals surface area contributed by atoms with Gasteiger partial charge in [0, 0.05) is 36.1 Å². The van der Waals surface area contributed by atoms with Gasteiger partial charge in [0.25, 0.3) is 0 Å². The number of ether oxygens (including phenoxy) is 1. The minimum Gasteiger partial charge on any atom is -0.481 e. The molecule has 1 aliphatic rings. The van der Waals surface area contributed by atoms with E-state index < -0.39 is 6.10 Å². The van der Waals surface area contributed by atoms with Crippen LogP contribution in [0.4, 0.5) is 4.39 Å². The van der Waals surface area contributed by atoms with Crippen LogP contribution in [0.15, 0.2) is 30.7 Å². The van der Waals surface area contributed by atoms with E-state index in [4.69, 9.17) is 4.74 Å². The monoisotopic (exact) mass is 306 g/mol. The normalized spacial score (nSPS) is 25.5. The highest BCUT2D eigenvalue weighted by Crippen LogP contribution is 2.34. The minimum absolute atomic E-state index is 0.0310. The molecule has 1 saturated carbocycles. The Morgan fingerprint density at radius 3 is 3.00 bits per heavy atom. The molecule has 118 valence electrons. The van der Waals surface area contributed by atoms with E-state index in [1.165, 1.54) is 7.11 Å². The van der Waals surface area contributed by atoms with Crippen molar-refractivity contribution in [1.29, 1.82) is 0 Å². The topological polar surface area (TPSA) is 72.2 Å². The summed E-state index contributed by atoms with van der Waals surface area (Å²) >= 11 is 0. The molecule has 2 aromatic rings. The second-order valence-corrected chi connectivity index (χ2v) is 5.52. The molecule has 0 aromatic carbocycles. The van der Waals surface area contributed by atoms with Crippen LogP contribution in [0.5, 0.6) is 5.88 Å². The zero-order valence-corrected chi connectivity index (χ0v) is 12.5. The Hall–Kier alpha value is -1.99. The van der Waals surface area contributed by atoms with Crippen LogP contribution in [0.2, 0.25) is 0 Å². The van der Waals surface area contributed by atoms with Gasteiger partial charge < -0.3 is 15.2 Å². The first kappa shape index (κ1) is 14.9. The Kier molecular flexibility index (Phi) is 4.08. The van der Waals surface area contributed by atoms with Gasteiger partial charge in [0.2, 0.25) is 5.88 Å². The van der Waals surface area contributed by atoms with Crippen molar-refractivity contribution in [3.63, 3.8) is 0 Å². The first-order valence-electron chi connectivity index (χ1n) is 7.23. The zero-order valence-electron chi connectivity index (χ0n) is 12.5. The van der Waals surface area contributed by atoms with Crippen molar-refractivity contribution >= 4 is 0 Å². The Bertz CT molecular complexity index is 634. The molecule has 1 fully saturated rings. The first-order valence-corrected chi connectivity index (χ1v) is 7.23. The van der Waals surface area contributed by atoms with Gasteiger partial charge in [0.15, 0.2) is 0 Å². The van der Waals surface area contributed by atoms with Crippen LogP contribution in [0.1, 0.15) is 31.0 Å². The van der Waals surface area contributed by atoms with Gasteiger partial charge in [-0.2, -0.15) is 5.10 Å². The summed E-state index contributed by atoms with van der Waals surface area (Å²) < 4.78 is 20.7. The van der Waals surface area contributed by atoms with E-state index in [2.05, 4.69) is 15.4 Å². The SMILES string of the molecule is COc1cc(C(C)N[C@H]2C[C@@H](O)[C@@H]2n2cccn2)c(F)cn1. The van der Waals surface area contributed by atoms with Crippen molar-refractivity contribution in [1.82, 2.24) is 20.1 Å². The van der Waals surface area contributed by atoms with E-state index in [0.29, 0.717) is 17.9 Å². The van der Waals surface area contributed by atoms with Crippen LogP contribution in [-0.4, -0.2) is 39.1 Å². The van der Waals surface area contributed by atoms with E-state index in [-0.39, 0.29) is 23.9 Å². The highest BCUT2D eigenvalue weighted by atomic mass is 19.1. The van der Waals surface area contributed by atoms with Crippen molar-refractivity contribution in [2.75, 3.05) is 7.11 Å². The van der Waals surface area contributed by atoms with Crippen LogP contribution >= 0.6 is 0 Å². The van der Waals surface area contributed by atoms with Gasteiger partial charge in [0.05, 0.1) is 25.5 Å². The maximum absolute atomic E-state index is 14.0. The number of halogens is 1. The largest absolute Gasteiger partial charge is 0.481 e. The molecule has 0 bridgehead atoms. The van der Waals surface area contributed by atoms with Crippen LogP contribution in [-0.2, 0) is 0 Å². The average molecular weight is 306 g/mol. The Balaban J connectivity index is 1.73. The molecule has 7 heteroatoms. The van der Waals surface area contributed by atoms with Crippen molar-refractivity contribution in [3.8, 4) is 5.88 Å². The Labute approximate surface area is 127 Å². The third-order valence-electron chi connectivity index (χ3n) is 4.13. The van der Waals surface area contributed by atoms with Crippen molar-refractivity contribution in [2.24, 2.45) is 0 Å². The molecule has 1 unspecified atom stereocenters. The molecule has 2 N–H and O–H groups in total. The summed E-state index contributed by atoms with van der Waals surface area (Å²) in [5, 5.41) is 17.5. The number of hydrogen-bond acceptors (Lipinski definition) is 5. The number of rotatable bonds is 5. The van der Waals surface area contributed by atoms with E-state index >= 15 is 0 Å². The van der Waals surface area contributed by atoms with E-state index in [1.54, 1.807) is 16.9 Å². The lowest BCUT2D eigenvalue weighted by molar-refractivity contribution is -0.0112. The second kappa shape index (κ2) is 6.02. The highest BCUT2D eigenvalue weighted by Gasteiger charge is 2.42. The number of aliphatic hydroxyl groups excluding tert-OH is 1. The fraction of sp³-hybridized carbons (Fsp3) is 0.467. The van der Waals surface area contributed by atoms with Gasteiger partial charge in [-0.25, -0.2) is 9.37 Å². The summed E-state index contributed by atoms with van der Waals surface area (Å²) in [7, 11) is 1.50. The summed E-state index contributed by atoms with van der Waals surface area (Å²) in [5.41, 5.74) is 0.493. The molecule has 3 rings (SSSR count). The van der Waals surface area contributed by atoms with Crippen LogP contribution in [0.3, 0.4) is 0 Å². The number of aliphatic hydroxyl groups is 1. The van der Waals surface area contributed by atoms with Crippen molar-refractivity contribution in [3.05, 3.63) is 42.1 Å². The quantitative estimate of drug-likeness (QED) is 0.875. The summed E-state index contributed by atoms with van der Waals surface area (Å²) in [6.07, 6.45) is 4.83. The number of nitrogens with zero attached hydrogens (tertiary/aromatic N) is 3. The van der Waals surface area contributed by atoms with E-state index in [9.17, 15) is 9.50 Å². The van der Waals surface area contributed by atoms with Gasteiger partial charge in [-0.15, -0.1) is 0 Å².